The zero-order valence-corrected chi connectivity index (χ0v) is 8.46. The largest absolute Gasteiger partial charge is 0.399 e. The Morgan fingerprint density at radius 3 is 2.21 bits per heavy atom. The van der Waals surface area contributed by atoms with Crippen molar-refractivity contribution in [3.63, 3.8) is 0 Å². The van der Waals surface area contributed by atoms with Crippen LogP contribution in [-0.2, 0) is 5.41 Å². The van der Waals surface area contributed by atoms with Gasteiger partial charge in [0.05, 0.1) is 0 Å². The lowest BCUT2D eigenvalue weighted by Gasteiger charge is -2.43. The van der Waals surface area contributed by atoms with Crippen molar-refractivity contribution < 1.29 is 4.39 Å². The van der Waals surface area contributed by atoms with Crippen LogP contribution in [0.15, 0.2) is 24.3 Å². The standard InChI is InChI=1S/C12H16FN/c1-9(13)12(7-2-8-12)10-3-5-11(14)6-4-10/h3-6,9H,2,7-8,14H2,1H3. The van der Waals surface area contributed by atoms with Gasteiger partial charge in [-0.1, -0.05) is 18.6 Å². The third-order valence-electron chi connectivity index (χ3n) is 3.49. The van der Waals surface area contributed by atoms with E-state index in [4.69, 9.17) is 5.73 Å². The molecule has 2 heteroatoms. The van der Waals surface area contributed by atoms with Crippen molar-refractivity contribution in [2.24, 2.45) is 0 Å². The number of hydrogen-bond donors (Lipinski definition) is 1. The fraction of sp³-hybridized carbons (Fsp3) is 0.500. The number of hydrogen-bond acceptors (Lipinski definition) is 1. The highest BCUT2D eigenvalue weighted by Gasteiger charge is 2.43. The van der Waals surface area contributed by atoms with Gasteiger partial charge in [0.2, 0.25) is 0 Å². The first-order valence-electron chi connectivity index (χ1n) is 5.15. The van der Waals surface area contributed by atoms with Gasteiger partial charge in [0.1, 0.15) is 6.17 Å². The molecule has 0 radical (unpaired) electrons. The first-order valence-corrected chi connectivity index (χ1v) is 5.15. The first-order chi connectivity index (χ1) is 6.65. The predicted molar refractivity (Wildman–Crippen MR) is 57.0 cm³/mol. The van der Waals surface area contributed by atoms with Crippen molar-refractivity contribution >= 4 is 5.69 Å². The summed E-state index contributed by atoms with van der Waals surface area (Å²) in [5.41, 5.74) is 7.25. The topological polar surface area (TPSA) is 26.0 Å². The molecular weight excluding hydrogens is 177 g/mol. The summed E-state index contributed by atoms with van der Waals surface area (Å²) in [6, 6.07) is 7.64. The lowest BCUT2D eigenvalue weighted by atomic mass is 9.62. The third kappa shape index (κ3) is 1.29. The quantitative estimate of drug-likeness (QED) is 0.718. The molecule has 0 aliphatic heterocycles. The molecule has 14 heavy (non-hydrogen) atoms. The van der Waals surface area contributed by atoms with Gasteiger partial charge in [0, 0.05) is 11.1 Å². The fourth-order valence-electron chi connectivity index (χ4n) is 2.29. The summed E-state index contributed by atoms with van der Waals surface area (Å²) in [7, 11) is 0. The van der Waals surface area contributed by atoms with Crippen LogP contribution in [0.4, 0.5) is 10.1 Å². The Bertz CT molecular complexity index is 312. The molecule has 0 amide bonds. The third-order valence-corrected chi connectivity index (χ3v) is 3.49. The Morgan fingerprint density at radius 1 is 1.29 bits per heavy atom. The van der Waals surface area contributed by atoms with Crippen LogP contribution in [0.5, 0.6) is 0 Å². The van der Waals surface area contributed by atoms with Gasteiger partial charge in [0.15, 0.2) is 0 Å². The minimum atomic E-state index is -0.764. The summed E-state index contributed by atoms with van der Waals surface area (Å²) in [6.45, 7) is 1.66. The van der Waals surface area contributed by atoms with Gasteiger partial charge in [-0.3, -0.25) is 0 Å². The van der Waals surface area contributed by atoms with E-state index in [0.717, 1.165) is 30.5 Å². The first kappa shape index (κ1) is 9.50. The molecule has 0 saturated heterocycles. The minimum Gasteiger partial charge on any atom is -0.399 e. The van der Waals surface area contributed by atoms with Gasteiger partial charge in [0.25, 0.3) is 0 Å². The van der Waals surface area contributed by atoms with Crippen LogP contribution >= 0.6 is 0 Å². The van der Waals surface area contributed by atoms with Gasteiger partial charge in [-0.05, 0) is 37.5 Å². The van der Waals surface area contributed by atoms with Crippen LogP contribution in [0, 0.1) is 0 Å². The van der Waals surface area contributed by atoms with Crippen molar-refractivity contribution in [1.82, 2.24) is 0 Å². The number of nitrogen functional groups attached to an aromatic ring is 1. The molecule has 1 aliphatic carbocycles. The second-order valence-electron chi connectivity index (χ2n) is 4.25. The molecule has 1 nitrogen and oxygen atoms in total. The van der Waals surface area contributed by atoms with E-state index in [0.29, 0.717) is 0 Å². The van der Waals surface area contributed by atoms with Crippen LogP contribution in [0.3, 0.4) is 0 Å². The molecule has 1 aliphatic rings. The number of rotatable bonds is 2. The molecule has 1 unspecified atom stereocenters. The fourth-order valence-corrected chi connectivity index (χ4v) is 2.29. The lowest BCUT2D eigenvalue weighted by Crippen LogP contribution is -2.41. The predicted octanol–water partition coefficient (Wildman–Crippen LogP) is 3.05. The number of halogens is 1. The van der Waals surface area contributed by atoms with Gasteiger partial charge in [-0.2, -0.15) is 0 Å². The molecule has 2 rings (SSSR count). The minimum absolute atomic E-state index is 0.215. The van der Waals surface area contributed by atoms with Gasteiger partial charge < -0.3 is 5.73 Å². The normalized spacial score (nSPS) is 21.3. The molecular formula is C12H16FN. The Morgan fingerprint density at radius 2 is 1.86 bits per heavy atom. The van der Waals surface area contributed by atoms with Gasteiger partial charge in [-0.25, -0.2) is 4.39 Å². The highest BCUT2D eigenvalue weighted by atomic mass is 19.1. The second kappa shape index (κ2) is 3.26. The van der Waals surface area contributed by atoms with Crippen LogP contribution in [-0.4, -0.2) is 6.17 Å². The number of benzene rings is 1. The average Bonchev–Trinajstić information content (AvgIpc) is 2.05. The number of nitrogens with two attached hydrogens (primary N) is 1. The van der Waals surface area contributed by atoms with Crippen molar-refractivity contribution in [2.45, 2.75) is 37.8 Å². The SMILES string of the molecule is CC(F)C1(c2ccc(N)cc2)CCC1. The summed E-state index contributed by atoms with van der Waals surface area (Å²) in [6.07, 6.45) is 2.31. The van der Waals surface area contributed by atoms with Crippen LogP contribution < -0.4 is 5.73 Å². The zero-order chi connectivity index (χ0) is 10.2. The van der Waals surface area contributed by atoms with Crippen molar-refractivity contribution in [3.8, 4) is 0 Å². The van der Waals surface area contributed by atoms with E-state index in [1.54, 1.807) is 6.92 Å². The summed E-state index contributed by atoms with van der Waals surface area (Å²) in [4.78, 5) is 0. The average molecular weight is 193 g/mol. The molecule has 0 spiro atoms. The maximum absolute atomic E-state index is 13.6. The molecule has 0 heterocycles. The van der Waals surface area contributed by atoms with Crippen molar-refractivity contribution in [3.05, 3.63) is 29.8 Å². The molecule has 76 valence electrons. The summed E-state index contributed by atoms with van der Waals surface area (Å²) in [5, 5.41) is 0. The molecule has 2 N–H and O–H groups in total. The van der Waals surface area contributed by atoms with Gasteiger partial charge in [-0.15, -0.1) is 0 Å². The van der Waals surface area contributed by atoms with Crippen molar-refractivity contribution in [2.75, 3.05) is 5.73 Å². The summed E-state index contributed by atoms with van der Waals surface area (Å²) < 4.78 is 13.6. The van der Waals surface area contributed by atoms with E-state index in [2.05, 4.69) is 0 Å². The Hall–Kier alpha value is -1.05. The molecule has 1 aromatic rings. The molecule has 0 aromatic heterocycles. The van der Waals surface area contributed by atoms with Crippen LogP contribution in [0.25, 0.3) is 0 Å². The van der Waals surface area contributed by atoms with E-state index >= 15 is 0 Å². The molecule has 1 fully saturated rings. The van der Waals surface area contributed by atoms with E-state index in [1.807, 2.05) is 24.3 Å². The molecule has 1 atom stereocenters. The highest BCUT2D eigenvalue weighted by molar-refractivity contribution is 5.42. The molecule has 1 saturated carbocycles. The summed E-state index contributed by atoms with van der Waals surface area (Å²) in [5.74, 6) is 0. The summed E-state index contributed by atoms with van der Waals surface area (Å²) >= 11 is 0. The van der Waals surface area contributed by atoms with Crippen LogP contribution in [0.1, 0.15) is 31.7 Å². The van der Waals surface area contributed by atoms with E-state index in [-0.39, 0.29) is 5.41 Å². The van der Waals surface area contributed by atoms with Crippen molar-refractivity contribution in [1.29, 1.82) is 0 Å². The number of anilines is 1. The zero-order valence-electron chi connectivity index (χ0n) is 8.46. The smallest absolute Gasteiger partial charge is 0.107 e. The monoisotopic (exact) mass is 193 g/mol. The second-order valence-corrected chi connectivity index (χ2v) is 4.25. The Balaban J connectivity index is 2.32. The molecule has 0 bridgehead atoms. The maximum Gasteiger partial charge on any atom is 0.107 e. The molecule has 1 aromatic carbocycles. The maximum atomic E-state index is 13.6. The van der Waals surface area contributed by atoms with E-state index in [1.165, 1.54) is 0 Å². The van der Waals surface area contributed by atoms with Crippen LogP contribution in [0.2, 0.25) is 0 Å². The van der Waals surface area contributed by atoms with Gasteiger partial charge >= 0.3 is 0 Å². The Labute approximate surface area is 84.1 Å². The number of alkyl halides is 1. The lowest BCUT2D eigenvalue weighted by molar-refractivity contribution is 0.114. The highest BCUT2D eigenvalue weighted by Crippen LogP contribution is 2.47. The Kier molecular flexibility index (Phi) is 2.22. The van der Waals surface area contributed by atoms with E-state index < -0.39 is 6.17 Å². The van der Waals surface area contributed by atoms with E-state index in [9.17, 15) is 4.39 Å².